The molecule has 1 aromatic rings. The molecule has 0 aromatic carbocycles. The molecule has 0 radical (unpaired) electrons. The molecule has 2 N–H and O–H groups in total. The van der Waals surface area contributed by atoms with E-state index in [0.717, 1.165) is 5.56 Å². The average Bonchev–Trinajstić information content (AvgIpc) is 2.61. The Labute approximate surface area is 95.5 Å². The van der Waals surface area contributed by atoms with Crippen molar-refractivity contribution in [3.63, 3.8) is 0 Å². The first-order valence-corrected chi connectivity index (χ1v) is 5.52. The summed E-state index contributed by atoms with van der Waals surface area (Å²) in [6.07, 6.45) is 4.18. The van der Waals surface area contributed by atoms with Gasteiger partial charge in [-0.1, -0.05) is 0 Å². The Kier molecular flexibility index (Phi) is 4.98. The van der Waals surface area contributed by atoms with Gasteiger partial charge in [0.25, 0.3) is 0 Å². The number of nitrogens with one attached hydrogen (secondary N) is 1. The van der Waals surface area contributed by atoms with Crippen molar-refractivity contribution in [3.8, 4) is 0 Å². The molecule has 1 atom stereocenters. The van der Waals surface area contributed by atoms with E-state index in [0.29, 0.717) is 25.9 Å². The summed E-state index contributed by atoms with van der Waals surface area (Å²) >= 11 is 0. The molecular weight excluding hydrogens is 206 g/mol. The van der Waals surface area contributed by atoms with Gasteiger partial charge < -0.3 is 10.4 Å². The van der Waals surface area contributed by atoms with Gasteiger partial charge in [0.2, 0.25) is 5.91 Å². The van der Waals surface area contributed by atoms with Crippen molar-refractivity contribution < 1.29 is 9.90 Å². The molecule has 90 valence electrons. The number of carbonyl (C=O) groups is 1. The van der Waals surface area contributed by atoms with Crippen LogP contribution in [0.4, 0.5) is 0 Å². The Balaban J connectivity index is 2.13. The lowest BCUT2D eigenvalue weighted by Gasteiger charge is -2.06. The third-order valence-corrected chi connectivity index (χ3v) is 2.21. The zero-order chi connectivity index (χ0) is 12.0. The Hall–Kier alpha value is -1.36. The van der Waals surface area contributed by atoms with Crippen molar-refractivity contribution >= 4 is 5.91 Å². The van der Waals surface area contributed by atoms with E-state index in [4.69, 9.17) is 5.11 Å². The molecule has 1 heterocycles. The van der Waals surface area contributed by atoms with Gasteiger partial charge in [-0.3, -0.25) is 9.48 Å². The van der Waals surface area contributed by atoms with Crippen LogP contribution in [0.3, 0.4) is 0 Å². The monoisotopic (exact) mass is 225 g/mol. The third kappa shape index (κ3) is 4.93. The maximum Gasteiger partial charge on any atom is 0.220 e. The van der Waals surface area contributed by atoms with E-state index in [2.05, 4.69) is 10.4 Å². The number of nitrogens with zero attached hydrogens (tertiary/aromatic N) is 2. The lowest BCUT2D eigenvalue weighted by atomic mass is 10.2. The summed E-state index contributed by atoms with van der Waals surface area (Å²) < 4.78 is 1.80. The smallest absolute Gasteiger partial charge is 0.220 e. The highest BCUT2D eigenvalue weighted by atomic mass is 16.3. The molecule has 5 heteroatoms. The van der Waals surface area contributed by atoms with Crippen LogP contribution in [0.5, 0.6) is 0 Å². The molecule has 0 saturated carbocycles. The lowest BCUT2D eigenvalue weighted by molar-refractivity contribution is -0.121. The zero-order valence-corrected chi connectivity index (χ0v) is 9.81. The van der Waals surface area contributed by atoms with E-state index in [-0.39, 0.29) is 5.91 Å². The first kappa shape index (κ1) is 12.7. The number of aliphatic hydroxyl groups is 1. The number of rotatable bonds is 6. The number of aryl methyl sites for hydroxylation is 1. The van der Waals surface area contributed by atoms with Crippen LogP contribution < -0.4 is 5.32 Å². The van der Waals surface area contributed by atoms with Gasteiger partial charge in [0.05, 0.1) is 18.8 Å². The van der Waals surface area contributed by atoms with Gasteiger partial charge in [0, 0.05) is 19.2 Å². The number of hydrogen-bond acceptors (Lipinski definition) is 3. The van der Waals surface area contributed by atoms with Crippen molar-refractivity contribution in [2.75, 3.05) is 6.54 Å². The number of aliphatic hydroxyl groups excluding tert-OH is 1. The first-order valence-electron chi connectivity index (χ1n) is 5.52. The Morgan fingerprint density at radius 3 is 3.00 bits per heavy atom. The average molecular weight is 225 g/mol. The van der Waals surface area contributed by atoms with Crippen LogP contribution in [-0.2, 0) is 11.3 Å². The number of aromatic nitrogens is 2. The molecule has 5 nitrogen and oxygen atoms in total. The van der Waals surface area contributed by atoms with Gasteiger partial charge in [-0.2, -0.15) is 5.10 Å². The van der Waals surface area contributed by atoms with Crippen LogP contribution in [-0.4, -0.2) is 33.4 Å². The normalized spacial score (nSPS) is 12.4. The fourth-order valence-electron chi connectivity index (χ4n) is 1.33. The molecule has 1 unspecified atom stereocenters. The van der Waals surface area contributed by atoms with Crippen molar-refractivity contribution in [2.24, 2.45) is 0 Å². The van der Waals surface area contributed by atoms with E-state index in [1.807, 2.05) is 13.1 Å². The van der Waals surface area contributed by atoms with Crippen molar-refractivity contribution in [2.45, 2.75) is 39.3 Å². The van der Waals surface area contributed by atoms with Crippen molar-refractivity contribution in [3.05, 3.63) is 18.0 Å². The summed E-state index contributed by atoms with van der Waals surface area (Å²) in [6, 6.07) is 0. The molecule has 0 fully saturated rings. The fourth-order valence-corrected chi connectivity index (χ4v) is 1.33. The van der Waals surface area contributed by atoms with Crippen LogP contribution in [0.15, 0.2) is 12.4 Å². The van der Waals surface area contributed by atoms with Crippen LogP contribution >= 0.6 is 0 Å². The molecular formula is C11H19N3O2. The van der Waals surface area contributed by atoms with E-state index in [9.17, 15) is 4.79 Å². The number of carbonyl (C=O) groups excluding carboxylic acids is 1. The Morgan fingerprint density at radius 2 is 2.44 bits per heavy atom. The molecule has 1 aromatic heterocycles. The summed E-state index contributed by atoms with van der Waals surface area (Å²) in [5.74, 6) is -0.0234. The standard InChI is InChI=1S/C11H19N3O2/c1-9-7-13-14(8-9)6-5-12-11(16)4-3-10(2)15/h7-8,10,15H,3-6H2,1-2H3,(H,12,16). The molecule has 0 aliphatic rings. The van der Waals surface area contributed by atoms with E-state index >= 15 is 0 Å². The van der Waals surface area contributed by atoms with Crippen molar-refractivity contribution in [1.29, 1.82) is 0 Å². The van der Waals surface area contributed by atoms with Gasteiger partial charge in [-0.05, 0) is 25.8 Å². The summed E-state index contributed by atoms with van der Waals surface area (Å²) in [5.41, 5.74) is 1.11. The lowest BCUT2D eigenvalue weighted by Crippen LogP contribution is -2.27. The Morgan fingerprint density at radius 1 is 1.69 bits per heavy atom. The molecule has 1 rings (SSSR count). The third-order valence-electron chi connectivity index (χ3n) is 2.21. The number of hydrogen-bond donors (Lipinski definition) is 2. The zero-order valence-electron chi connectivity index (χ0n) is 9.81. The van der Waals surface area contributed by atoms with Gasteiger partial charge >= 0.3 is 0 Å². The second kappa shape index (κ2) is 6.27. The summed E-state index contributed by atoms with van der Waals surface area (Å²) in [5, 5.41) is 15.9. The Bertz CT molecular complexity index is 334. The molecule has 0 aliphatic heterocycles. The van der Waals surface area contributed by atoms with E-state index in [1.165, 1.54) is 0 Å². The van der Waals surface area contributed by atoms with Gasteiger partial charge in [-0.25, -0.2) is 0 Å². The molecule has 0 bridgehead atoms. The minimum absolute atomic E-state index is 0.0234. The fraction of sp³-hybridized carbons (Fsp3) is 0.636. The van der Waals surface area contributed by atoms with Crippen LogP contribution in [0.2, 0.25) is 0 Å². The molecule has 0 saturated heterocycles. The maximum atomic E-state index is 11.3. The molecule has 0 spiro atoms. The second-order valence-corrected chi connectivity index (χ2v) is 4.02. The summed E-state index contributed by atoms with van der Waals surface area (Å²) in [4.78, 5) is 11.3. The topological polar surface area (TPSA) is 67.2 Å². The summed E-state index contributed by atoms with van der Waals surface area (Å²) in [6.45, 7) is 4.90. The predicted molar refractivity (Wildman–Crippen MR) is 60.9 cm³/mol. The van der Waals surface area contributed by atoms with Crippen LogP contribution in [0, 0.1) is 6.92 Å². The van der Waals surface area contributed by atoms with Crippen molar-refractivity contribution in [1.82, 2.24) is 15.1 Å². The highest BCUT2D eigenvalue weighted by Gasteiger charge is 2.03. The van der Waals surface area contributed by atoms with Crippen LogP contribution in [0.25, 0.3) is 0 Å². The minimum atomic E-state index is -0.417. The SMILES string of the molecule is Cc1cnn(CCNC(=O)CCC(C)O)c1. The quantitative estimate of drug-likeness (QED) is 0.739. The van der Waals surface area contributed by atoms with E-state index in [1.54, 1.807) is 17.8 Å². The summed E-state index contributed by atoms with van der Waals surface area (Å²) in [7, 11) is 0. The highest BCUT2D eigenvalue weighted by Crippen LogP contribution is 1.95. The predicted octanol–water partition coefficient (Wildman–Crippen LogP) is 0.469. The second-order valence-electron chi connectivity index (χ2n) is 4.02. The molecule has 0 aliphatic carbocycles. The molecule has 1 amide bonds. The van der Waals surface area contributed by atoms with Gasteiger partial charge in [-0.15, -0.1) is 0 Å². The van der Waals surface area contributed by atoms with E-state index < -0.39 is 6.10 Å². The highest BCUT2D eigenvalue weighted by molar-refractivity contribution is 5.75. The van der Waals surface area contributed by atoms with Gasteiger partial charge in [0.1, 0.15) is 0 Å². The van der Waals surface area contributed by atoms with Crippen LogP contribution in [0.1, 0.15) is 25.3 Å². The number of amides is 1. The minimum Gasteiger partial charge on any atom is -0.393 e. The van der Waals surface area contributed by atoms with Gasteiger partial charge in [0.15, 0.2) is 0 Å². The first-order chi connectivity index (χ1) is 7.58. The largest absolute Gasteiger partial charge is 0.393 e. The maximum absolute atomic E-state index is 11.3. The molecule has 16 heavy (non-hydrogen) atoms.